The summed E-state index contributed by atoms with van der Waals surface area (Å²) in [6, 6.07) is 6.34. The van der Waals surface area contributed by atoms with Crippen molar-refractivity contribution in [3.8, 4) is 0 Å². The number of anilines is 1. The van der Waals surface area contributed by atoms with Crippen LogP contribution in [0, 0.1) is 0 Å². The number of aromatic nitrogens is 2. The van der Waals surface area contributed by atoms with Crippen molar-refractivity contribution in [1.29, 1.82) is 0 Å². The van der Waals surface area contributed by atoms with Crippen LogP contribution in [0.5, 0.6) is 0 Å². The summed E-state index contributed by atoms with van der Waals surface area (Å²) in [4.78, 5) is 8.02. The van der Waals surface area contributed by atoms with E-state index >= 15 is 0 Å². The number of sulfonamides is 1. The van der Waals surface area contributed by atoms with Gasteiger partial charge in [-0.25, -0.2) is 23.5 Å². The molecule has 100 valence electrons. The lowest BCUT2D eigenvalue weighted by Gasteiger charge is -2.07. The number of primary sulfonamides is 1. The summed E-state index contributed by atoms with van der Waals surface area (Å²) in [6.07, 6.45) is 3.08. The van der Waals surface area contributed by atoms with E-state index < -0.39 is 10.0 Å². The zero-order chi connectivity index (χ0) is 13.9. The Morgan fingerprint density at radius 2 is 1.95 bits per heavy atom. The van der Waals surface area contributed by atoms with E-state index in [0.29, 0.717) is 12.4 Å². The van der Waals surface area contributed by atoms with E-state index in [1.807, 2.05) is 0 Å². The van der Waals surface area contributed by atoms with Crippen LogP contribution in [0.4, 0.5) is 5.82 Å². The highest BCUT2D eigenvalue weighted by Gasteiger charge is 2.07. The fourth-order valence-corrected chi connectivity index (χ4v) is 2.30. The standard InChI is InChI=1S/C11H11BrN4O2S/c12-10-6-14-7-16-11(10)15-5-8-1-3-9(4-2-8)19(13,17)18/h1-4,6-7H,5H2,(H2,13,17,18)(H,14,15,16). The number of hydrogen-bond acceptors (Lipinski definition) is 5. The molecule has 0 saturated heterocycles. The van der Waals surface area contributed by atoms with Crippen LogP contribution in [-0.2, 0) is 16.6 Å². The molecule has 2 aromatic rings. The normalized spacial score (nSPS) is 11.3. The monoisotopic (exact) mass is 342 g/mol. The van der Waals surface area contributed by atoms with Gasteiger partial charge in [0.05, 0.1) is 9.37 Å². The van der Waals surface area contributed by atoms with Crippen LogP contribution in [0.2, 0.25) is 0 Å². The summed E-state index contributed by atoms with van der Waals surface area (Å²) < 4.78 is 23.0. The highest BCUT2D eigenvalue weighted by molar-refractivity contribution is 9.10. The Kier molecular flexibility index (Phi) is 4.13. The maximum absolute atomic E-state index is 11.1. The van der Waals surface area contributed by atoms with Gasteiger partial charge in [-0.3, -0.25) is 0 Å². The molecular formula is C11H11BrN4O2S. The number of nitrogens with one attached hydrogen (secondary N) is 1. The van der Waals surface area contributed by atoms with Crippen molar-refractivity contribution in [3.63, 3.8) is 0 Å². The summed E-state index contributed by atoms with van der Waals surface area (Å²) in [7, 11) is -3.64. The quantitative estimate of drug-likeness (QED) is 0.877. The average Bonchev–Trinajstić information content (AvgIpc) is 2.37. The van der Waals surface area contributed by atoms with Crippen LogP contribution in [0.25, 0.3) is 0 Å². The first kappa shape index (κ1) is 13.9. The lowest BCUT2D eigenvalue weighted by Crippen LogP contribution is -2.12. The topological polar surface area (TPSA) is 98.0 Å². The third-order valence-corrected chi connectivity index (χ3v) is 3.89. The molecule has 0 unspecified atom stereocenters. The second kappa shape index (κ2) is 5.64. The van der Waals surface area contributed by atoms with Crippen LogP contribution >= 0.6 is 15.9 Å². The molecule has 0 aliphatic carbocycles. The maximum Gasteiger partial charge on any atom is 0.238 e. The Bertz CT molecular complexity index is 673. The molecule has 19 heavy (non-hydrogen) atoms. The molecule has 0 bridgehead atoms. The van der Waals surface area contributed by atoms with Crippen LogP contribution in [0.1, 0.15) is 5.56 Å². The fraction of sp³-hybridized carbons (Fsp3) is 0.0909. The zero-order valence-electron chi connectivity index (χ0n) is 9.75. The summed E-state index contributed by atoms with van der Waals surface area (Å²) in [5, 5.41) is 8.13. The molecule has 0 aliphatic heterocycles. The van der Waals surface area contributed by atoms with Gasteiger partial charge in [0.2, 0.25) is 10.0 Å². The molecule has 0 atom stereocenters. The highest BCUT2D eigenvalue weighted by atomic mass is 79.9. The molecule has 0 spiro atoms. The van der Waals surface area contributed by atoms with E-state index in [-0.39, 0.29) is 4.90 Å². The summed E-state index contributed by atoms with van der Waals surface area (Å²) in [5.74, 6) is 0.672. The smallest absolute Gasteiger partial charge is 0.238 e. The van der Waals surface area contributed by atoms with Gasteiger partial charge in [-0.15, -0.1) is 0 Å². The minimum absolute atomic E-state index is 0.0967. The third-order valence-electron chi connectivity index (χ3n) is 2.38. The van der Waals surface area contributed by atoms with E-state index in [2.05, 4.69) is 31.2 Å². The predicted octanol–water partition coefficient (Wildman–Crippen LogP) is 1.50. The molecular weight excluding hydrogens is 332 g/mol. The molecule has 0 aliphatic rings. The van der Waals surface area contributed by atoms with Crippen molar-refractivity contribution < 1.29 is 8.42 Å². The van der Waals surface area contributed by atoms with Gasteiger partial charge in [0, 0.05) is 12.7 Å². The van der Waals surface area contributed by atoms with Crippen molar-refractivity contribution in [2.24, 2.45) is 5.14 Å². The molecule has 0 radical (unpaired) electrons. The van der Waals surface area contributed by atoms with E-state index in [1.54, 1.807) is 18.3 Å². The van der Waals surface area contributed by atoms with E-state index in [4.69, 9.17) is 5.14 Å². The number of nitrogens with two attached hydrogens (primary N) is 1. The van der Waals surface area contributed by atoms with Gasteiger partial charge in [0.25, 0.3) is 0 Å². The average molecular weight is 343 g/mol. The molecule has 3 N–H and O–H groups in total. The van der Waals surface area contributed by atoms with E-state index in [0.717, 1.165) is 10.0 Å². The molecule has 1 heterocycles. The Morgan fingerprint density at radius 1 is 1.26 bits per heavy atom. The van der Waals surface area contributed by atoms with Crippen molar-refractivity contribution >= 4 is 31.8 Å². The van der Waals surface area contributed by atoms with Crippen molar-refractivity contribution in [2.75, 3.05) is 5.32 Å². The van der Waals surface area contributed by atoms with E-state index in [1.165, 1.54) is 18.5 Å². The minimum atomic E-state index is -3.64. The van der Waals surface area contributed by atoms with Crippen molar-refractivity contribution in [3.05, 3.63) is 46.8 Å². The summed E-state index contributed by atoms with van der Waals surface area (Å²) in [6.45, 7) is 0.514. The van der Waals surface area contributed by atoms with Crippen LogP contribution in [0.3, 0.4) is 0 Å². The fourth-order valence-electron chi connectivity index (χ4n) is 1.43. The first-order chi connectivity index (χ1) is 8.97. The molecule has 0 amide bonds. The SMILES string of the molecule is NS(=O)(=O)c1ccc(CNc2ncncc2Br)cc1. The number of hydrogen-bond donors (Lipinski definition) is 2. The second-order valence-corrected chi connectivity index (χ2v) is 6.18. The van der Waals surface area contributed by atoms with Gasteiger partial charge in [0.1, 0.15) is 12.1 Å². The van der Waals surface area contributed by atoms with E-state index in [9.17, 15) is 8.42 Å². The maximum atomic E-state index is 11.1. The molecule has 0 fully saturated rings. The Balaban J connectivity index is 2.07. The number of nitrogens with zero attached hydrogens (tertiary/aromatic N) is 2. The molecule has 0 saturated carbocycles. The molecule has 1 aromatic heterocycles. The lowest BCUT2D eigenvalue weighted by atomic mass is 10.2. The first-order valence-corrected chi connectivity index (χ1v) is 7.62. The Hall–Kier alpha value is -1.51. The molecule has 2 rings (SSSR count). The van der Waals surface area contributed by atoms with Gasteiger partial charge in [-0.05, 0) is 33.6 Å². The second-order valence-electron chi connectivity index (χ2n) is 3.76. The first-order valence-electron chi connectivity index (χ1n) is 5.28. The van der Waals surface area contributed by atoms with Gasteiger partial charge in [-0.2, -0.15) is 0 Å². The molecule has 6 nitrogen and oxygen atoms in total. The number of halogens is 1. The summed E-state index contributed by atoms with van der Waals surface area (Å²) >= 11 is 3.32. The molecule has 1 aromatic carbocycles. The summed E-state index contributed by atoms with van der Waals surface area (Å²) in [5.41, 5.74) is 0.915. The molecule has 8 heteroatoms. The van der Waals surface area contributed by atoms with Crippen LogP contribution in [0.15, 0.2) is 46.2 Å². The number of benzene rings is 1. The minimum Gasteiger partial charge on any atom is -0.365 e. The van der Waals surface area contributed by atoms with Crippen LogP contribution in [-0.4, -0.2) is 18.4 Å². The highest BCUT2D eigenvalue weighted by Crippen LogP contribution is 2.18. The number of rotatable bonds is 4. The third kappa shape index (κ3) is 3.72. The van der Waals surface area contributed by atoms with Gasteiger partial charge in [-0.1, -0.05) is 12.1 Å². The lowest BCUT2D eigenvalue weighted by molar-refractivity contribution is 0.598. The Morgan fingerprint density at radius 3 is 2.53 bits per heavy atom. The van der Waals surface area contributed by atoms with Crippen molar-refractivity contribution in [2.45, 2.75) is 11.4 Å². The van der Waals surface area contributed by atoms with Gasteiger partial charge >= 0.3 is 0 Å². The van der Waals surface area contributed by atoms with Gasteiger partial charge in [0.15, 0.2) is 0 Å². The largest absolute Gasteiger partial charge is 0.365 e. The Labute approximate surface area is 119 Å². The van der Waals surface area contributed by atoms with Crippen molar-refractivity contribution in [1.82, 2.24) is 9.97 Å². The van der Waals surface area contributed by atoms with Crippen LogP contribution < -0.4 is 10.5 Å². The predicted molar refractivity (Wildman–Crippen MR) is 74.9 cm³/mol. The van der Waals surface area contributed by atoms with Gasteiger partial charge < -0.3 is 5.32 Å². The zero-order valence-corrected chi connectivity index (χ0v) is 12.1.